The van der Waals surface area contributed by atoms with E-state index >= 15 is 0 Å². The fraction of sp³-hybridized carbons (Fsp3) is 0.346. The standard InChI is InChI=1S/C26H27N3O4/c1-16-5-4-6-19(13-16)14-20(30)9-7-18-8-10-22-21(15-18)24(32)29(17(2)27-22)26(3)12-11-23(31)28-25(26)33/h4-6,8,10,13,15H,7,9,11-12,14H2,1-3H3,(H,28,31,33)/t26-/m0/s1. The minimum atomic E-state index is -1.18. The molecule has 2 heterocycles. The van der Waals surface area contributed by atoms with Gasteiger partial charge in [-0.3, -0.25) is 29.1 Å². The van der Waals surface area contributed by atoms with Crippen LogP contribution in [0.3, 0.4) is 0 Å². The molecule has 0 radical (unpaired) electrons. The van der Waals surface area contributed by atoms with E-state index in [0.29, 0.717) is 36.0 Å². The fourth-order valence-corrected chi connectivity index (χ4v) is 4.51. The smallest absolute Gasteiger partial charge is 0.262 e. The molecule has 0 bridgehead atoms. The SMILES string of the molecule is Cc1cccc(CC(=O)CCc2ccc3nc(C)n([C@@]4(C)CCC(=O)NC4=O)c(=O)c3c2)c1. The van der Waals surface area contributed by atoms with Crippen molar-refractivity contribution in [2.24, 2.45) is 0 Å². The minimum Gasteiger partial charge on any atom is -0.299 e. The highest BCUT2D eigenvalue weighted by molar-refractivity contribution is 6.01. The number of imide groups is 1. The average Bonchev–Trinajstić information content (AvgIpc) is 2.75. The van der Waals surface area contributed by atoms with Crippen molar-refractivity contribution < 1.29 is 14.4 Å². The average molecular weight is 446 g/mol. The van der Waals surface area contributed by atoms with Crippen LogP contribution >= 0.6 is 0 Å². The van der Waals surface area contributed by atoms with Crippen LogP contribution in [-0.4, -0.2) is 27.1 Å². The van der Waals surface area contributed by atoms with Gasteiger partial charge in [-0.15, -0.1) is 0 Å². The Labute approximate surface area is 191 Å². The van der Waals surface area contributed by atoms with Gasteiger partial charge in [-0.2, -0.15) is 0 Å². The lowest BCUT2D eigenvalue weighted by atomic mass is 9.90. The van der Waals surface area contributed by atoms with E-state index in [-0.39, 0.29) is 30.1 Å². The highest BCUT2D eigenvalue weighted by Gasteiger charge is 2.42. The molecule has 7 heteroatoms. The quantitative estimate of drug-likeness (QED) is 0.589. The molecule has 1 aliphatic rings. The van der Waals surface area contributed by atoms with E-state index in [1.54, 1.807) is 26.0 Å². The molecule has 0 unspecified atom stereocenters. The monoisotopic (exact) mass is 445 g/mol. The van der Waals surface area contributed by atoms with Crippen LogP contribution in [0.1, 0.15) is 48.7 Å². The summed E-state index contributed by atoms with van der Waals surface area (Å²) in [6, 6.07) is 13.3. The zero-order chi connectivity index (χ0) is 23.8. The van der Waals surface area contributed by atoms with Gasteiger partial charge in [0.05, 0.1) is 10.9 Å². The molecule has 0 saturated carbocycles. The normalized spacial score (nSPS) is 18.4. The molecular weight excluding hydrogens is 418 g/mol. The lowest BCUT2D eigenvalue weighted by Crippen LogP contribution is -2.56. The van der Waals surface area contributed by atoms with Crippen molar-refractivity contribution in [3.8, 4) is 0 Å². The van der Waals surface area contributed by atoms with Gasteiger partial charge in [-0.1, -0.05) is 35.9 Å². The van der Waals surface area contributed by atoms with Gasteiger partial charge in [-0.05, 0) is 56.9 Å². The summed E-state index contributed by atoms with van der Waals surface area (Å²) in [6.45, 7) is 5.35. The van der Waals surface area contributed by atoms with Crippen LogP contribution in [0, 0.1) is 13.8 Å². The number of carbonyl (C=O) groups is 3. The second kappa shape index (κ2) is 8.73. The second-order valence-corrected chi connectivity index (χ2v) is 9.01. The molecule has 1 aromatic heterocycles. The Morgan fingerprint density at radius 3 is 2.61 bits per heavy atom. The minimum absolute atomic E-state index is 0.135. The molecule has 1 N–H and O–H groups in total. The largest absolute Gasteiger partial charge is 0.299 e. The molecule has 1 saturated heterocycles. The third-order valence-corrected chi connectivity index (χ3v) is 6.35. The Bertz CT molecular complexity index is 1340. The number of piperidine rings is 1. The van der Waals surface area contributed by atoms with Gasteiger partial charge in [-0.25, -0.2) is 4.98 Å². The Kier molecular flexibility index (Phi) is 5.97. The highest BCUT2D eigenvalue weighted by Crippen LogP contribution is 2.27. The molecule has 1 atom stereocenters. The van der Waals surface area contributed by atoms with Crippen molar-refractivity contribution >= 4 is 28.5 Å². The van der Waals surface area contributed by atoms with E-state index in [1.807, 2.05) is 37.3 Å². The maximum atomic E-state index is 13.4. The predicted molar refractivity (Wildman–Crippen MR) is 125 cm³/mol. The first-order chi connectivity index (χ1) is 15.7. The molecule has 2 aromatic carbocycles. The van der Waals surface area contributed by atoms with Crippen LogP contribution in [0.4, 0.5) is 0 Å². The van der Waals surface area contributed by atoms with Crippen LogP contribution in [0.15, 0.2) is 47.3 Å². The molecular formula is C26H27N3O4. The predicted octanol–water partition coefficient (Wildman–Crippen LogP) is 2.91. The number of hydrogen-bond donors (Lipinski definition) is 1. The summed E-state index contributed by atoms with van der Waals surface area (Å²) in [6.07, 6.45) is 1.67. The van der Waals surface area contributed by atoms with Gasteiger partial charge >= 0.3 is 0 Å². The summed E-state index contributed by atoms with van der Waals surface area (Å²) in [5.41, 5.74) is 2.02. The molecule has 3 aromatic rings. The summed E-state index contributed by atoms with van der Waals surface area (Å²) in [5, 5.41) is 2.73. The maximum absolute atomic E-state index is 13.4. The van der Waals surface area contributed by atoms with Gasteiger partial charge in [0, 0.05) is 19.3 Å². The molecule has 2 amide bonds. The van der Waals surface area contributed by atoms with Gasteiger partial charge < -0.3 is 0 Å². The van der Waals surface area contributed by atoms with Crippen molar-refractivity contribution in [2.45, 2.75) is 58.4 Å². The topological polar surface area (TPSA) is 98.1 Å². The number of aryl methyl sites for hydroxylation is 3. The number of carbonyl (C=O) groups excluding carboxylic acids is 3. The first kappa shape index (κ1) is 22.6. The lowest BCUT2D eigenvalue weighted by Gasteiger charge is -2.34. The highest BCUT2D eigenvalue weighted by atomic mass is 16.2. The molecule has 0 spiro atoms. The van der Waals surface area contributed by atoms with Crippen LogP contribution in [-0.2, 0) is 32.8 Å². The molecule has 33 heavy (non-hydrogen) atoms. The summed E-state index contributed by atoms with van der Waals surface area (Å²) < 4.78 is 1.39. The van der Waals surface area contributed by atoms with E-state index in [1.165, 1.54) is 4.57 Å². The molecule has 1 fully saturated rings. The van der Waals surface area contributed by atoms with Gasteiger partial charge in [0.15, 0.2) is 0 Å². The number of nitrogens with one attached hydrogen (secondary N) is 1. The maximum Gasteiger partial charge on any atom is 0.262 e. The number of aromatic nitrogens is 2. The second-order valence-electron chi connectivity index (χ2n) is 9.01. The van der Waals surface area contributed by atoms with Gasteiger partial charge in [0.1, 0.15) is 17.1 Å². The number of hydrogen-bond acceptors (Lipinski definition) is 5. The van der Waals surface area contributed by atoms with Crippen LogP contribution in [0.5, 0.6) is 0 Å². The molecule has 7 nitrogen and oxygen atoms in total. The summed E-state index contributed by atoms with van der Waals surface area (Å²) in [7, 11) is 0. The van der Waals surface area contributed by atoms with Gasteiger partial charge in [0.2, 0.25) is 5.91 Å². The molecule has 170 valence electrons. The Balaban J connectivity index is 1.59. The van der Waals surface area contributed by atoms with Crippen LogP contribution < -0.4 is 10.9 Å². The summed E-state index contributed by atoms with van der Waals surface area (Å²) >= 11 is 0. The summed E-state index contributed by atoms with van der Waals surface area (Å²) in [4.78, 5) is 54.7. The van der Waals surface area contributed by atoms with Crippen LogP contribution in [0.2, 0.25) is 0 Å². The van der Waals surface area contributed by atoms with Crippen molar-refractivity contribution in [1.29, 1.82) is 0 Å². The number of nitrogens with zero attached hydrogens (tertiary/aromatic N) is 2. The fourth-order valence-electron chi connectivity index (χ4n) is 4.51. The van der Waals surface area contributed by atoms with Crippen molar-refractivity contribution in [3.05, 3.63) is 75.3 Å². The third kappa shape index (κ3) is 4.49. The Morgan fingerprint density at radius 1 is 1.09 bits per heavy atom. The third-order valence-electron chi connectivity index (χ3n) is 6.35. The van der Waals surface area contributed by atoms with E-state index in [9.17, 15) is 19.2 Å². The number of ketones is 1. The van der Waals surface area contributed by atoms with Crippen LogP contribution in [0.25, 0.3) is 10.9 Å². The number of amides is 2. The Hall–Kier alpha value is -3.61. The zero-order valence-electron chi connectivity index (χ0n) is 19.1. The molecule has 4 rings (SSSR count). The first-order valence-corrected chi connectivity index (χ1v) is 11.1. The Morgan fingerprint density at radius 2 is 1.88 bits per heavy atom. The van der Waals surface area contributed by atoms with Crippen molar-refractivity contribution in [1.82, 2.24) is 14.9 Å². The number of Topliss-reactive ketones (excluding diaryl/α,β-unsaturated/α-hetero) is 1. The van der Waals surface area contributed by atoms with E-state index in [2.05, 4.69) is 10.3 Å². The first-order valence-electron chi connectivity index (χ1n) is 11.1. The van der Waals surface area contributed by atoms with E-state index < -0.39 is 11.4 Å². The number of rotatable bonds is 6. The van der Waals surface area contributed by atoms with Crippen molar-refractivity contribution in [2.75, 3.05) is 0 Å². The van der Waals surface area contributed by atoms with E-state index in [0.717, 1.165) is 16.7 Å². The number of benzene rings is 2. The van der Waals surface area contributed by atoms with Crippen molar-refractivity contribution in [3.63, 3.8) is 0 Å². The molecule has 1 aliphatic heterocycles. The lowest BCUT2D eigenvalue weighted by molar-refractivity contribution is -0.140. The zero-order valence-corrected chi connectivity index (χ0v) is 19.1. The van der Waals surface area contributed by atoms with Gasteiger partial charge in [0.25, 0.3) is 11.5 Å². The van der Waals surface area contributed by atoms with E-state index in [4.69, 9.17) is 0 Å². The summed E-state index contributed by atoms with van der Waals surface area (Å²) in [5.74, 6) is -0.283. The number of fused-ring (bicyclic) bond motifs is 1. The molecule has 0 aliphatic carbocycles.